The van der Waals surface area contributed by atoms with Crippen LogP contribution in [0.15, 0.2) is 0 Å². The van der Waals surface area contributed by atoms with Crippen LogP contribution in [0.3, 0.4) is 0 Å². The average Bonchev–Trinajstić information content (AvgIpc) is 2.62. The Bertz CT molecular complexity index is 217. The van der Waals surface area contributed by atoms with Crippen molar-refractivity contribution < 1.29 is 9.90 Å². The first-order chi connectivity index (χ1) is 7.00. The quantitative estimate of drug-likeness (QED) is 0.703. The van der Waals surface area contributed by atoms with Gasteiger partial charge >= 0.3 is 0 Å². The van der Waals surface area contributed by atoms with Crippen LogP contribution in [-0.4, -0.2) is 47.7 Å². The minimum Gasteiger partial charge on any atom is -0.393 e. The lowest BCUT2D eigenvalue weighted by molar-refractivity contribution is -0.129. The molecule has 1 rings (SSSR count). The second-order valence-electron chi connectivity index (χ2n) is 4.66. The van der Waals surface area contributed by atoms with Gasteiger partial charge in [0.1, 0.15) is 0 Å². The second-order valence-corrected chi connectivity index (χ2v) is 4.66. The fourth-order valence-electron chi connectivity index (χ4n) is 1.81. The van der Waals surface area contributed by atoms with Crippen molar-refractivity contribution >= 4 is 5.91 Å². The summed E-state index contributed by atoms with van der Waals surface area (Å²) in [6, 6.07) is 0.337. The summed E-state index contributed by atoms with van der Waals surface area (Å²) in [5.74, 6) is 0.403. The molecule has 0 spiro atoms. The topological polar surface area (TPSA) is 52.6 Å². The van der Waals surface area contributed by atoms with Crippen molar-refractivity contribution in [2.24, 2.45) is 5.92 Å². The summed E-state index contributed by atoms with van der Waals surface area (Å²) >= 11 is 0. The number of likely N-dealkylation sites (tertiary alicyclic amines) is 1. The van der Waals surface area contributed by atoms with Crippen molar-refractivity contribution in [3.63, 3.8) is 0 Å². The fraction of sp³-hybridized carbons (Fsp3) is 0.909. The van der Waals surface area contributed by atoms with Crippen LogP contribution in [0.4, 0.5) is 0 Å². The first kappa shape index (κ1) is 12.5. The van der Waals surface area contributed by atoms with Gasteiger partial charge in [0.15, 0.2) is 0 Å². The molecule has 1 aliphatic rings. The molecule has 2 N–H and O–H groups in total. The van der Waals surface area contributed by atoms with Gasteiger partial charge in [-0.25, -0.2) is 0 Å². The Labute approximate surface area is 91.6 Å². The molecular weight excluding hydrogens is 192 g/mol. The Morgan fingerprint density at radius 2 is 2.20 bits per heavy atom. The molecule has 0 aromatic carbocycles. The zero-order chi connectivity index (χ0) is 11.4. The molecule has 1 saturated heterocycles. The highest BCUT2D eigenvalue weighted by atomic mass is 16.3. The van der Waals surface area contributed by atoms with Gasteiger partial charge in [0.2, 0.25) is 5.91 Å². The Morgan fingerprint density at radius 3 is 2.67 bits per heavy atom. The maximum absolute atomic E-state index is 11.7. The van der Waals surface area contributed by atoms with E-state index in [9.17, 15) is 9.90 Å². The third kappa shape index (κ3) is 3.80. The second kappa shape index (κ2) is 5.47. The number of aliphatic hydroxyl groups is 1. The summed E-state index contributed by atoms with van der Waals surface area (Å²) in [4.78, 5) is 13.5. The first-order valence-corrected chi connectivity index (χ1v) is 5.70. The molecule has 0 aromatic heterocycles. The largest absolute Gasteiger partial charge is 0.393 e. The number of carbonyl (C=O) groups excluding carboxylic acids is 1. The summed E-state index contributed by atoms with van der Waals surface area (Å²) in [7, 11) is 0. The van der Waals surface area contributed by atoms with Gasteiger partial charge in [-0.1, -0.05) is 13.8 Å². The number of nitrogens with one attached hydrogen (secondary N) is 1. The van der Waals surface area contributed by atoms with E-state index in [-0.39, 0.29) is 17.9 Å². The standard InChI is InChI=1S/C11H22N2O2/c1-8(2)12-6-11(15)13-5-4-10(7-13)9(3)14/h8-10,12,14H,4-7H2,1-3H3. The molecular formula is C11H22N2O2. The third-order valence-electron chi connectivity index (χ3n) is 2.92. The van der Waals surface area contributed by atoms with Crippen molar-refractivity contribution in [2.75, 3.05) is 19.6 Å². The summed E-state index contributed by atoms with van der Waals surface area (Å²) in [6.07, 6.45) is 0.617. The molecule has 1 amide bonds. The van der Waals surface area contributed by atoms with E-state index < -0.39 is 0 Å². The van der Waals surface area contributed by atoms with E-state index in [0.717, 1.165) is 13.0 Å². The molecule has 0 radical (unpaired) electrons. The Hall–Kier alpha value is -0.610. The minimum atomic E-state index is -0.305. The smallest absolute Gasteiger partial charge is 0.236 e. The molecule has 1 fully saturated rings. The molecule has 0 aliphatic carbocycles. The monoisotopic (exact) mass is 214 g/mol. The van der Waals surface area contributed by atoms with Gasteiger partial charge in [0.05, 0.1) is 12.6 Å². The van der Waals surface area contributed by atoms with Crippen LogP contribution in [0.25, 0.3) is 0 Å². The van der Waals surface area contributed by atoms with Crippen LogP contribution in [0.2, 0.25) is 0 Å². The van der Waals surface area contributed by atoms with Crippen LogP contribution in [0, 0.1) is 5.92 Å². The van der Waals surface area contributed by atoms with Crippen LogP contribution in [0.1, 0.15) is 27.2 Å². The van der Waals surface area contributed by atoms with Gasteiger partial charge in [0, 0.05) is 25.0 Å². The van der Waals surface area contributed by atoms with Crippen molar-refractivity contribution in [1.29, 1.82) is 0 Å². The van der Waals surface area contributed by atoms with Gasteiger partial charge in [0.25, 0.3) is 0 Å². The lowest BCUT2D eigenvalue weighted by Crippen LogP contribution is -2.39. The van der Waals surface area contributed by atoms with Crippen LogP contribution >= 0.6 is 0 Å². The van der Waals surface area contributed by atoms with Gasteiger partial charge in [-0.2, -0.15) is 0 Å². The van der Waals surface area contributed by atoms with E-state index in [0.29, 0.717) is 19.1 Å². The summed E-state index contributed by atoms with van der Waals surface area (Å²) in [5.41, 5.74) is 0. The zero-order valence-corrected chi connectivity index (χ0v) is 9.86. The molecule has 2 atom stereocenters. The van der Waals surface area contributed by atoms with E-state index in [4.69, 9.17) is 0 Å². The highest BCUT2D eigenvalue weighted by molar-refractivity contribution is 5.78. The van der Waals surface area contributed by atoms with E-state index in [1.165, 1.54) is 0 Å². The predicted molar refractivity (Wildman–Crippen MR) is 59.5 cm³/mol. The molecule has 15 heavy (non-hydrogen) atoms. The van der Waals surface area contributed by atoms with Crippen LogP contribution in [0.5, 0.6) is 0 Å². The van der Waals surface area contributed by atoms with E-state index in [1.807, 2.05) is 18.7 Å². The minimum absolute atomic E-state index is 0.145. The van der Waals surface area contributed by atoms with E-state index >= 15 is 0 Å². The SMILES string of the molecule is CC(C)NCC(=O)N1CCC(C(C)O)C1. The van der Waals surface area contributed by atoms with Gasteiger partial charge < -0.3 is 15.3 Å². The Balaban J connectivity index is 2.30. The average molecular weight is 214 g/mol. The number of hydrogen-bond acceptors (Lipinski definition) is 3. The molecule has 88 valence electrons. The van der Waals surface area contributed by atoms with Gasteiger partial charge in [-0.3, -0.25) is 4.79 Å². The van der Waals surface area contributed by atoms with Crippen LogP contribution in [-0.2, 0) is 4.79 Å². The summed E-state index contributed by atoms with van der Waals surface area (Å²) in [5, 5.41) is 12.5. The molecule has 0 saturated carbocycles. The molecule has 0 bridgehead atoms. The van der Waals surface area contributed by atoms with Gasteiger partial charge in [-0.15, -0.1) is 0 Å². The van der Waals surface area contributed by atoms with Crippen molar-refractivity contribution in [3.05, 3.63) is 0 Å². The number of hydrogen-bond donors (Lipinski definition) is 2. The molecule has 4 heteroatoms. The lowest BCUT2D eigenvalue weighted by atomic mass is 10.0. The van der Waals surface area contributed by atoms with Crippen molar-refractivity contribution in [3.8, 4) is 0 Å². The molecule has 1 aliphatic heterocycles. The molecule has 0 aromatic rings. The predicted octanol–water partition coefficient (Wildman–Crippen LogP) is 0.214. The normalized spacial score (nSPS) is 23.5. The lowest BCUT2D eigenvalue weighted by Gasteiger charge is -2.18. The Morgan fingerprint density at radius 1 is 1.53 bits per heavy atom. The maximum atomic E-state index is 11.7. The third-order valence-corrected chi connectivity index (χ3v) is 2.92. The van der Waals surface area contributed by atoms with E-state index in [1.54, 1.807) is 6.92 Å². The number of amides is 1. The van der Waals surface area contributed by atoms with Crippen molar-refractivity contribution in [2.45, 2.75) is 39.3 Å². The molecule has 1 heterocycles. The first-order valence-electron chi connectivity index (χ1n) is 5.70. The number of rotatable bonds is 4. The highest BCUT2D eigenvalue weighted by Crippen LogP contribution is 2.19. The summed E-state index contributed by atoms with van der Waals surface area (Å²) < 4.78 is 0. The number of nitrogens with zero attached hydrogens (tertiary/aromatic N) is 1. The maximum Gasteiger partial charge on any atom is 0.236 e. The Kier molecular flexibility index (Phi) is 4.54. The number of aliphatic hydroxyl groups excluding tert-OH is 1. The number of carbonyl (C=O) groups is 1. The van der Waals surface area contributed by atoms with E-state index in [2.05, 4.69) is 5.32 Å². The molecule has 2 unspecified atom stereocenters. The highest BCUT2D eigenvalue weighted by Gasteiger charge is 2.28. The fourth-order valence-corrected chi connectivity index (χ4v) is 1.81. The molecule has 4 nitrogen and oxygen atoms in total. The van der Waals surface area contributed by atoms with Crippen molar-refractivity contribution in [1.82, 2.24) is 10.2 Å². The van der Waals surface area contributed by atoms with Crippen LogP contribution < -0.4 is 5.32 Å². The van der Waals surface area contributed by atoms with Gasteiger partial charge in [-0.05, 0) is 13.3 Å². The zero-order valence-electron chi connectivity index (χ0n) is 9.86. The summed E-state index contributed by atoms with van der Waals surface area (Å²) in [6.45, 7) is 7.74.